The predicted octanol–water partition coefficient (Wildman–Crippen LogP) is 3.08. The van der Waals surface area contributed by atoms with Crippen LogP contribution in [0.1, 0.15) is 29.3 Å². The first-order chi connectivity index (χ1) is 8.88. The van der Waals surface area contributed by atoms with E-state index >= 15 is 0 Å². The lowest BCUT2D eigenvalue weighted by Crippen LogP contribution is -2.19. The Morgan fingerprint density at radius 2 is 2.16 bits per heavy atom. The maximum Gasteiger partial charge on any atom is 0.419 e. The van der Waals surface area contributed by atoms with Crippen molar-refractivity contribution in [2.75, 3.05) is 13.2 Å². The zero-order valence-electron chi connectivity index (χ0n) is 10.3. The molecule has 1 aromatic carbocycles. The number of alkyl halides is 3. The van der Waals surface area contributed by atoms with Crippen LogP contribution in [0.15, 0.2) is 18.2 Å². The minimum Gasteiger partial charge on any atom is -0.487 e. The normalized spacial score (nSPS) is 19.5. The molecule has 0 spiro atoms. The highest BCUT2D eigenvalue weighted by atomic mass is 19.4. The summed E-state index contributed by atoms with van der Waals surface area (Å²) < 4.78 is 49.2. The molecule has 1 unspecified atom stereocenters. The van der Waals surface area contributed by atoms with Gasteiger partial charge in [0, 0.05) is 12.0 Å². The minimum atomic E-state index is -4.56. The van der Waals surface area contributed by atoms with Crippen molar-refractivity contribution >= 4 is 5.78 Å². The summed E-state index contributed by atoms with van der Waals surface area (Å²) in [7, 11) is 0. The van der Waals surface area contributed by atoms with Gasteiger partial charge in [0.05, 0.1) is 18.8 Å². The average Bonchev–Trinajstić information content (AvgIpc) is 2.80. The Hall–Kier alpha value is -1.56. The third kappa shape index (κ3) is 3.26. The lowest BCUT2D eigenvalue weighted by molar-refractivity contribution is -0.139. The first-order valence-corrected chi connectivity index (χ1v) is 5.84. The van der Waals surface area contributed by atoms with E-state index in [1.54, 1.807) is 0 Å². The van der Waals surface area contributed by atoms with Crippen molar-refractivity contribution in [3.63, 3.8) is 0 Å². The van der Waals surface area contributed by atoms with Crippen molar-refractivity contribution in [2.45, 2.75) is 25.6 Å². The number of halogens is 3. The Morgan fingerprint density at radius 1 is 1.42 bits per heavy atom. The van der Waals surface area contributed by atoms with Crippen LogP contribution in [-0.4, -0.2) is 25.1 Å². The number of benzene rings is 1. The van der Waals surface area contributed by atoms with Gasteiger partial charge in [-0.05, 0) is 25.1 Å². The van der Waals surface area contributed by atoms with Gasteiger partial charge in [0.2, 0.25) is 0 Å². The van der Waals surface area contributed by atoms with Gasteiger partial charge in [-0.15, -0.1) is 0 Å². The van der Waals surface area contributed by atoms with Gasteiger partial charge in [-0.2, -0.15) is 13.2 Å². The molecule has 0 bridgehead atoms. The van der Waals surface area contributed by atoms with E-state index in [2.05, 4.69) is 0 Å². The van der Waals surface area contributed by atoms with Gasteiger partial charge in [-0.3, -0.25) is 4.79 Å². The van der Waals surface area contributed by atoms with Crippen molar-refractivity contribution in [1.29, 1.82) is 0 Å². The maximum absolute atomic E-state index is 12.9. The molecule has 3 nitrogen and oxygen atoms in total. The molecule has 1 aromatic rings. The first-order valence-electron chi connectivity index (χ1n) is 5.84. The average molecular weight is 274 g/mol. The van der Waals surface area contributed by atoms with E-state index in [0.29, 0.717) is 13.0 Å². The number of hydrogen-bond acceptors (Lipinski definition) is 3. The molecule has 2 rings (SSSR count). The summed E-state index contributed by atoms with van der Waals surface area (Å²) in [4.78, 5) is 11.2. The highest BCUT2D eigenvalue weighted by Gasteiger charge is 2.36. The van der Waals surface area contributed by atoms with E-state index in [-0.39, 0.29) is 24.0 Å². The molecule has 0 aromatic heterocycles. The van der Waals surface area contributed by atoms with E-state index in [1.165, 1.54) is 19.1 Å². The summed E-state index contributed by atoms with van der Waals surface area (Å²) in [5.74, 6) is -0.672. The third-order valence-corrected chi connectivity index (χ3v) is 2.87. The number of hydrogen-bond donors (Lipinski definition) is 0. The van der Waals surface area contributed by atoms with Crippen LogP contribution in [0, 0.1) is 0 Å². The Kier molecular flexibility index (Phi) is 3.80. The van der Waals surface area contributed by atoms with Crippen LogP contribution in [0.5, 0.6) is 5.75 Å². The van der Waals surface area contributed by atoms with E-state index in [1.807, 2.05) is 0 Å². The minimum absolute atomic E-state index is 0.0161. The number of carbonyl (C=O) groups excluding carboxylic acids is 1. The fourth-order valence-corrected chi connectivity index (χ4v) is 1.86. The van der Waals surface area contributed by atoms with Gasteiger partial charge in [0.1, 0.15) is 11.9 Å². The molecule has 19 heavy (non-hydrogen) atoms. The Labute approximate surface area is 108 Å². The molecule has 1 fully saturated rings. The Bertz CT molecular complexity index is 477. The van der Waals surface area contributed by atoms with Gasteiger partial charge >= 0.3 is 6.18 Å². The van der Waals surface area contributed by atoms with Crippen LogP contribution in [0.3, 0.4) is 0 Å². The Balaban J connectivity index is 2.33. The standard InChI is InChI=1S/C13H13F3O3/c1-8(17)9-2-3-12(11(6-9)13(14,15)16)19-10-4-5-18-7-10/h2-3,6,10H,4-5,7H2,1H3. The smallest absolute Gasteiger partial charge is 0.419 e. The lowest BCUT2D eigenvalue weighted by atomic mass is 10.1. The molecule has 1 atom stereocenters. The molecule has 0 aliphatic carbocycles. The summed E-state index contributed by atoms with van der Waals surface area (Å²) in [6.07, 6.45) is -4.37. The molecule has 0 amide bonds. The number of rotatable bonds is 3. The predicted molar refractivity (Wildman–Crippen MR) is 61.3 cm³/mol. The number of Topliss-reactive ketones (excluding diaryl/α,β-unsaturated/α-hetero) is 1. The zero-order valence-corrected chi connectivity index (χ0v) is 10.3. The molecule has 0 N–H and O–H groups in total. The van der Waals surface area contributed by atoms with Crippen LogP contribution < -0.4 is 4.74 Å². The summed E-state index contributed by atoms with van der Waals surface area (Å²) in [5.41, 5.74) is -0.908. The second-order valence-corrected chi connectivity index (χ2v) is 4.37. The van der Waals surface area contributed by atoms with E-state index in [0.717, 1.165) is 6.07 Å². The molecule has 1 aliphatic rings. The molecule has 0 saturated carbocycles. The molecule has 6 heteroatoms. The van der Waals surface area contributed by atoms with Crippen LogP contribution in [-0.2, 0) is 10.9 Å². The van der Waals surface area contributed by atoms with Crippen molar-refractivity contribution < 1.29 is 27.4 Å². The fourth-order valence-electron chi connectivity index (χ4n) is 1.86. The van der Waals surface area contributed by atoms with Gasteiger partial charge < -0.3 is 9.47 Å². The second-order valence-electron chi connectivity index (χ2n) is 4.37. The molecule has 0 radical (unpaired) electrons. The van der Waals surface area contributed by atoms with Crippen molar-refractivity contribution in [2.24, 2.45) is 0 Å². The van der Waals surface area contributed by atoms with Gasteiger partial charge in [0.25, 0.3) is 0 Å². The Morgan fingerprint density at radius 3 is 2.68 bits per heavy atom. The topological polar surface area (TPSA) is 35.5 Å². The van der Waals surface area contributed by atoms with Crippen LogP contribution in [0.25, 0.3) is 0 Å². The fraction of sp³-hybridized carbons (Fsp3) is 0.462. The van der Waals surface area contributed by atoms with E-state index in [9.17, 15) is 18.0 Å². The summed E-state index contributed by atoms with van der Waals surface area (Å²) in [6, 6.07) is 3.36. The van der Waals surface area contributed by atoms with E-state index in [4.69, 9.17) is 9.47 Å². The largest absolute Gasteiger partial charge is 0.487 e. The zero-order chi connectivity index (χ0) is 14.0. The monoisotopic (exact) mass is 274 g/mol. The molecule has 104 valence electrons. The highest BCUT2D eigenvalue weighted by molar-refractivity contribution is 5.94. The quantitative estimate of drug-likeness (QED) is 0.795. The van der Waals surface area contributed by atoms with Crippen LogP contribution in [0.4, 0.5) is 13.2 Å². The van der Waals surface area contributed by atoms with Crippen LogP contribution >= 0.6 is 0 Å². The third-order valence-electron chi connectivity index (χ3n) is 2.87. The van der Waals surface area contributed by atoms with Crippen molar-refractivity contribution in [1.82, 2.24) is 0 Å². The van der Waals surface area contributed by atoms with Gasteiger partial charge in [-0.1, -0.05) is 0 Å². The first kappa shape index (κ1) is 13.9. The lowest BCUT2D eigenvalue weighted by Gasteiger charge is -2.17. The highest BCUT2D eigenvalue weighted by Crippen LogP contribution is 2.37. The van der Waals surface area contributed by atoms with Crippen molar-refractivity contribution in [3.05, 3.63) is 29.3 Å². The number of carbonyl (C=O) groups is 1. The van der Waals surface area contributed by atoms with Gasteiger partial charge in [0.15, 0.2) is 5.78 Å². The molecule has 1 aliphatic heterocycles. The van der Waals surface area contributed by atoms with Crippen molar-refractivity contribution in [3.8, 4) is 5.75 Å². The molecular weight excluding hydrogens is 261 g/mol. The number of ether oxygens (including phenoxy) is 2. The number of ketones is 1. The summed E-state index contributed by atoms with van der Waals surface area (Å²) >= 11 is 0. The van der Waals surface area contributed by atoms with E-state index < -0.39 is 17.5 Å². The maximum atomic E-state index is 12.9. The molecule has 1 heterocycles. The molecule has 1 saturated heterocycles. The molecular formula is C13H13F3O3. The van der Waals surface area contributed by atoms with Gasteiger partial charge in [-0.25, -0.2) is 0 Å². The SMILES string of the molecule is CC(=O)c1ccc(OC2CCOC2)c(C(F)(F)F)c1. The second kappa shape index (κ2) is 5.21. The summed E-state index contributed by atoms with van der Waals surface area (Å²) in [5, 5.41) is 0. The summed E-state index contributed by atoms with van der Waals surface area (Å²) in [6.45, 7) is 1.99. The van der Waals surface area contributed by atoms with Crippen LogP contribution in [0.2, 0.25) is 0 Å².